The number of carbonyl (C=O) groups excluding carboxylic acids is 2. The zero-order chi connectivity index (χ0) is 34.0. The van der Waals surface area contributed by atoms with Crippen LogP contribution in [0.4, 0.5) is 0 Å². The van der Waals surface area contributed by atoms with Gasteiger partial charge in [-0.15, -0.1) is 24.7 Å². The molecule has 0 radical (unpaired) electrons. The van der Waals surface area contributed by atoms with Crippen LogP contribution in [-0.2, 0) is 50.4 Å². The van der Waals surface area contributed by atoms with Crippen molar-refractivity contribution in [3.8, 4) is 24.7 Å². The van der Waals surface area contributed by atoms with Gasteiger partial charge >= 0.3 is 23.5 Å². The van der Waals surface area contributed by atoms with E-state index in [1.807, 2.05) is 0 Å². The molecule has 0 aromatic rings. The maximum absolute atomic E-state index is 12.2. The van der Waals surface area contributed by atoms with Gasteiger partial charge in [0.2, 0.25) is 11.8 Å². The Hall–Kier alpha value is -1.61. The fraction of sp³-hybridized carbons (Fsp3) is 0.769. The van der Waals surface area contributed by atoms with E-state index in [1.165, 1.54) is 0 Å². The summed E-state index contributed by atoms with van der Waals surface area (Å²) in [4.78, 5) is 53.4. The minimum atomic E-state index is -4.45. The van der Waals surface area contributed by atoms with Crippen molar-refractivity contribution in [3.05, 3.63) is 0 Å². The minimum absolute atomic E-state index is 0.0197. The lowest BCUT2D eigenvalue weighted by molar-refractivity contribution is -0.121. The molecule has 0 aromatic carbocycles. The highest BCUT2D eigenvalue weighted by Gasteiger charge is 2.26. The molecule has 0 aromatic heterocycles. The standard InChI is InChI=1S/C26H47N2O14P3/c1-4-6-8-12-18-38-44(33,34)40-20-14-10-16-25(29)27-22-24(42-43(31,32)37-3)23-28-26(30)17-11-15-21-41-45(35,36)39-19-13-9-7-5-2/h1-2,24H,6-23H2,3H3,(H,27,29)(H,28,30)(H,31,32)(H,33,34)(H,35,36). The van der Waals surface area contributed by atoms with Crippen LogP contribution in [0.1, 0.15) is 77.0 Å². The second-order valence-corrected chi connectivity index (χ2v) is 13.9. The van der Waals surface area contributed by atoms with E-state index in [2.05, 4.69) is 27.0 Å². The van der Waals surface area contributed by atoms with Gasteiger partial charge in [-0.2, -0.15) is 0 Å². The Balaban J connectivity index is 4.34. The molecule has 260 valence electrons. The number of hydrogen-bond acceptors (Lipinski definition) is 11. The van der Waals surface area contributed by atoms with Crippen LogP contribution in [-0.4, -0.2) is 79.2 Å². The number of amides is 2. The van der Waals surface area contributed by atoms with Gasteiger partial charge in [-0.25, -0.2) is 13.7 Å². The van der Waals surface area contributed by atoms with Crippen molar-refractivity contribution in [3.63, 3.8) is 0 Å². The number of terminal acetylenes is 2. The van der Waals surface area contributed by atoms with E-state index in [1.54, 1.807) is 0 Å². The molecular weight excluding hydrogens is 657 g/mol. The van der Waals surface area contributed by atoms with Gasteiger partial charge in [0.1, 0.15) is 6.10 Å². The summed E-state index contributed by atoms with van der Waals surface area (Å²) < 4.78 is 64.3. The van der Waals surface area contributed by atoms with Gasteiger partial charge in [-0.3, -0.25) is 36.7 Å². The molecular formula is C26H47N2O14P3. The lowest BCUT2D eigenvalue weighted by Gasteiger charge is -2.21. The first-order chi connectivity index (χ1) is 21.3. The number of rotatable bonds is 29. The molecule has 0 heterocycles. The summed E-state index contributed by atoms with van der Waals surface area (Å²) in [5.41, 5.74) is 0. The highest BCUT2D eigenvalue weighted by molar-refractivity contribution is 7.47. The van der Waals surface area contributed by atoms with E-state index in [0.29, 0.717) is 51.4 Å². The van der Waals surface area contributed by atoms with Crippen LogP contribution in [0.15, 0.2) is 0 Å². The fourth-order valence-electron chi connectivity index (χ4n) is 3.24. The molecule has 5 N–H and O–H groups in total. The van der Waals surface area contributed by atoms with E-state index in [-0.39, 0.29) is 65.2 Å². The van der Waals surface area contributed by atoms with E-state index < -0.39 is 41.4 Å². The fourth-order valence-corrected chi connectivity index (χ4v) is 5.44. The molecule has 2 amide bonds. The van der Waals surface area contributed by atoms with Gasteiger partial charge in [0.15, 0.2) is 0 Å². The summed E-state index contributed by atoms with van der Waals surface area (Å²) in [7, 11) is -11.9. The Kier molecular flexibility index (Phi) is 24.6. The maximum atomic E-state index is 12.2. The van der Waals surface area contributed by atoms with E-state index >= 15 is 0 Å². The Morgan fingerprint density at radius 2 is 1.00 bits per heavy atom. The number of phosphoric acid groups is 3. The molecule has 0 saturated heterocycles. The molecule has 3 unspecified atom stereocenters. The zero-order valence-electron chi connectivity index (χ0n) is 25.6. The number of phosphoric ester groups is 3. The average Bonchev–Trinajstić information content (AvgIpc) is 2.97. The Labute approximate surface area is 265 Å². The van der Waals surface area contributed by atoms with Gasteiger partial charge < -0.3 is 25.3 Å². The third-order valence-electron chi connectivity index (χ3n) is 5.61. The predicted molar refractivity (Wildman–Crippen MR) is 164 cm³/mol. The molecule has 3 atom stereocenters. The normalized spacial score (nSPS) is 15.9. The van der Waals surface area contributed by atoms with Crippen LogP contribution in [0.3, 0.4) is 0 Å². The molecule has 0 spiro atoms. The predicted octanol–water partition coefficient (Wildman–Crippen LogP) is 3.57. The van der Waals surface area contributed by atoms with Crippen molar-refractivity contribution < 1.29 is 65.1 Å². The lowest BCUT2D eigenvalue weighted by atomic mass is 10.2. The lowest BCUT2D eigenvalue weighted by Crippen LogP contribution is -2.41. The maximum Gasteiger partial charge on any atom is 0.472 e. The summed E-state index contributed by atoms with van der Waals surface area (Å²) >= 11 is 0. The number of unbranched alkanes of at least 4 members (excludes halogenated alkanes) is 6. The summed E-state index contributed by atoms with van der Waals surface area (Å²) in [5.74, 6) is 4.04. The van der Waals surface area contributed by atoms with Crippen LogP contribution in [0.2, 0.25) is 0 Å². The topological polar surface area (TPSA) is 225 Å². The number of hydrogen-bond donors (Lipinski definition) is 5. The smallest absolute Gasteiger partial charge is 0.353 e. The monoisotopic (exact) mass is 704 g/mol. The van der Waals surface area contributed by atoms with Crippen molar-refractivity contribution >= 4 is 35.3 Å². The van der Waals surface area contributed by atoms with Gasteiger partial charge in [0.05, 0.1) is 26.4 Å². The van der Waals surface area contributed by atoms with Crippen molar-refractivity contribution in [1.29, 1.82) is 0 Å². The Morgan fingerprint density at radius 3 is 1.33 bits per heavy atom. The van der Waals surface area contributed by atoms with Crippen LogP contribution in [0, 0.1) is 24.7 Å². The highest BCUT2D eigenvalue weighted by Crippen LogP contribution is 2.44. The van der Waals surface area contributed by atoms with Gasteiger partial charge in [0.25, 0.3) is 0 Å². The van der Waals surface area contributed by atoms with E-state index in [9.17, 15) is 38.0 Å². The first-order valence-electron chi connectivity index (χ1n) is 14.5. The molecule has 0 aliphatic heterocycles. The molecule has 16 nitrogen and oxygen atoms in total. The third-order valence-corrected chi connectivity index (χ3v) is 8.67. The highest BCUT2D eigenvalue weighted by atomic mass is 31.2. The van der Waals surface area contributed by atoms with Crippen molar-refractivity contribution in [1.82, 2.24) is 10.6 Å². The molecule has 19 heteroatoms. The van der Waals surface area contributed by atoms with Crippen molar-refractivity contribution in [2.75, 3.05) is 46.6 Å². The number of nitrogens with one attached hydrogen (secondary N) is 2. The second kappa shape index (κ2) is 25.5. The van der Waals surface area contributed by atoms with Gasteiger partial charge in [-0.1, -0.05) is 0 Å². The second-order valence-electron chi connectivity index (χ2n) is 9.49. The van der Waals surface area contributed by atoms with E-state index in [0.717, 1.165) is 7.11 Å². The molecule has 0 aliphatic carbocycles. The molecule has 0 fully saturated rings. The van der Waals surface area contributed by atoms with E-state index in [4.69, 9.17) is 35.5 Å². The van der Waals surface area contributed by atoms with Crippen LogP contribution in [0.25, 0.3) is 0 Å². The zero-order valence-corrected chi connectivity index (χ0v) is 28.3. The van der Waals surface area contributed by atoms with Crippen molar-refractivity contribution in [2.24, 2.45) is 0 Å². The van der Waals surface area contributed by atoms with Crippen molar-refractivity contribution in [2.45, 2.75) is 83.2 Å². The molecule has 0 rings (SSSR count). The Bertz CT molecular complexity index is 1010. The van der Waals surface area contributed by atoms with Crippen LogP contribution >= 0.6 is 23.5 Å². The number of carbonyl (C=O) groups is 2. The largest absolute Gasteiger partial charge is 0.472 e. The summed E-state index contributed by atoms with van der Waals surface area (Å²) in [6.07, 6.45) is 13.8. The minimum Gasteiger partial charge on any atom is -0.353 e. The summed E-state index contributed by atoms with van der Waals surface area (Å²) in [5, 5.41) is 5.06. The first kappa shape index (κ1) is 43.4. The molecule has 0 aliphatic rings. The first-order valence-corrected chi connectivity index (χ1v) is 19.0. The van der Waals surface area contributed by atoms with Crippen LogP contribution < -0.4 is 10.6 Å². The quantitative estimate of drug-likeness (QED) is 0.0427. The summed E-state index contributed by atoms with van der Waals surface area (Å²) in [6.45, 7) is -0.632. The SMILES string of the molecule is C#CCCCCOP(=O)(O)OCCCCC(=O)NCC(CNC(=O)CCCCOP(=O)(O)OCCCCC#C)OP(=O)(O)OC. The summed E-state index contributed by atoms with van der Waals surface area (Å²) in [6, 6.07) is 0. The van der Waals surface area contributed by atoms with Gasteiger partial charge in [-0.05, 0) is 51.4 Å². The molecule has 0 saturated carbocycles. The Morgan fingerprint density at radius 1 is 0.644 bits per heavy atom. The van der Waals surface area contributed by atoms with Crippen LogP contribution in [0.5, 0.6) is 0 Å². The molecule has 45 heavy (non-hydrogen) atoms. The average molecular weight is 705 g/mol. The molecule has 0 bridgehead atoms. The third kappa shape index (κ3) is 27.2. The van der Waals surface area contributed by atoms with Gasteiger partial charge in [0, 0.05) is 45.9 Å².